The molecule has 7 nitrogen and oxygen atoms in total. The lowest BCUT2D eigenvalue weighted by atomic mass is 10.1. The first-order chi connectivity index (χ1) is 14.8. The standard InChI is InChI=1S/C22H26Cl2N2O5/c1-5-29-18-10-14(11-19(30-6-2)21(18)31-7-3)22(28)26(4)13-20(27)25-15-8-9-16(23)17(24)12-15/h8-12H,5-7,13H2,1-4H3,(H,25,27). The Balaban J connectivity index is 2.19. The number of rotatable bonds is 10. The molecular weight excluding hydrogens is 443 g/mol. The van der Waals surface area contributed by atoms with Crippen LogP contribution in [0.5, 0.6) is 17.2 Å². The molecule has 2 amide bonds. The van der Waals surface area contributed by atoms with Crippen LogP contribution in [0.4, 0.5) is 5.69 Å². The minimum atomic E-state index is -0.379. The van der Waals surface area contributed by atoms with Crippen LogP contribution in [0.3, 0.4) is 0 Å². The maximum atomic E-state index is 13.0. The summed E-state index contributed by atoms with van der Waals surface area (Å²) < 4.78 is 17.0. The Labute approximate surface area is 192 Å². The van der Waals surface area contributed by atoms with Gasteiger partial charge in [-0.25, -0.2) is 0 Å². The van der Waals surface area contributed by atoms with Gasteiger partial charge in [-0.3, -0.25) is 9.59 Å². The number of carbonyl (C=O) groups is 2. The number of benzene rings is 2. The van der Waals surface area contributed by atoms with Gasteiger partial charge in [0.2, 0.25) is 11.7 Å². The van der Waals surface area contributed by atoms with Gasteiger partial charge in [0.1, 0.15) is 0 Å². The number of halogens is 2. The molecule has 31 heavy (non-hydrogen) atoms. The molecule has 0 spiro atoms. The van der Waals surface area contributed by atoms with Crippen molar-refractivity contribution < 1.29 is 23.8 Å². The zero-order valence-electron chi connectivity index (χ0n) is 18.0. The zero-order chi connectivity index (χ0) is 23.0. The van der Waals surface area contributed by atoms with Crippen molar-refractivity contribution in [3.63, 3.8) is 0 Å². The molecule has 0 radical (unpaired) electrons. The average molecular weight is 469 g/mol. The predicted molar refractivity (Wildman–Crippen MR) is 122 cm³/mol. The molecule has 2 aromatic carbocycles. The van der Waals surface area contributed by atoms with Crippen LogP contribution < -0.4 is 19.5 Å². The molecule has 0 fully saturated rings. The summed E-state index contributed by atoms with van der Waals surface area (Å²) in [5, 5.41) is 3.40. The molecule has 0 saturated heterocycles. The maximum Gasteiger partial charge on any atom is 0.254 e. The number of carbonyl (C=O) groups excluding carboxylic acids is 2. The number of hydrogen-bond donors (Lipinski definition) is 1. The fraction of sp³-hybridized carbons (Fsp3) is 0.364. The van der Waals surface area contributed by atoms with Gasteiger partial charge < -0.3 is 24.4 Å². The van der Waals surface area contributed by atoms with Crippen molar-refractivity contribution in [1.82, 2.24) is 4.90 Å². The highest BCUT2D eigenvalue weighted by molar-refractivity contribution is 6.42. The lowest BCUT2D eigenvalue weighted by Crippen LogP contribution is -2.35. The van der Waals surface area contributed by atoms with Gasteiger partial charge in [-0.1, -0.05) is 23.2 Å². The summed E-state index contributed by atoms with van der Waals surface area (Å²) >= 11 is 11.9. The third-order valence-corrected chi connectivity index (χ3v) is 4.83. The quantitative estimate of drug-likeness (QED) is 0.536. The van der Waals surface area contributed by atoms with Gasteiger partial charge in [0, 0.05) is 18.3 Å². The summed E-state index contributed by atoms with van der Waals surface area (Å²) in [5.41, 5.74) is 0.804. The molecule has 0 aromatic heterocycles. The number of nitrogens with one attached hydrogen (secondary N) is 1. The van der Waals surface area contributed by atoms with E-state index < -0.39 is 0 Å². The smallest absolute Gasteiger partial charge is 0.254 e. The van der Waals surface area contributed by atoms with Crippen LogP contribution in [0.25, 0.3) is 0 Å². The van der Waals surface area contributed by atoms with Gasteiger partial charge in [0.25, 0.3) is 5.91 Å². The molecular formula is C22H26Cl2N2O5. The van der Waals surface area contributed by atoms with Crippen molar-refractivity contribution in [3.8, 4) is 17.2 Å². The SMILES string of the molecule is CCOc1cc(C(=O)N(C)CC(=O)Nc2ccc(Cl)c(Cl)c2)cc(OCC)c1OCC. The van der Waals surface area contributed by atoms with Crippen LogP contribution in [0, 0.1) is 0 Å². The topological polar surface area (TPSA) is 77.1 Å². The first-order valence-electron chi connectivity index (χ1n) is 9.87. The molecule has 1 N–H and O–H groups in total. The van der Waals surface area contributed by atoms with Crippen molar-refractivity contribution in [2.45, 2.75) is 20.8 Å². The molecule has 0 saturated carbocycles. The van der Waals surface area contributed by atoms with Crippen molar-refractivity contribution in [3.05, 3.63) is 45.9 Å². The molecule has 9 heteroatoms. The number of hydrogen-bond acceptors (Lipinski definition) is 5. The van der Waals surface area contributed by atoms with Gasteiger partial charge in [-0.05, 0) is 51.1 Å². The molecule has 2 aromatic rings. The molecule has 0 aliphatic carbocycles. The third-order valence-electron chi connectivity index (χ3n) is 4.09. The summed E-state index contributed by atoms with van der Waals surface area (Å²) in [6, 6.07) is 7.93. The van der Waals surface area contributed by atoms with Crippen LogP contribution in [0.1, 0.15) is 31.1 Å². The van der Waals surface area contributed by atoms with Crippen LogP contribution in [0.15, 0.2) is 30.3 Å². The van der Waals surface area contributed by atoms with E-state index in [1.165, 1.54) is 11.9 Å². The van der Waals surface area contributed by atoms with Gasteiger partial charge in [-0.2, -0.15) is 0 Å². The Hall–Kier alpha value is -2.64. The lowest BCUT2D eigenvalue weighted by molar-refractivity contribution is -0.116. The molecule has 0 bridgehead atoms. The average Bonchev–Trinajstić information content (AvgIpc) is 2.72. The first kappa shape index (κ1) is 24.6. The van der Waals surface area contributed by atoms with Crippen LogP contribution >= 0.6 is 23.2 Å². The summed E-state index contributed by atoms with van der Waals surface area (Å²) in [4.78, 5) is 26.7. The number of amides is 2. The number of anilines is 1. The molecule has 0 aliphatic heterocycles. The van der Waals surface area contributed by atoms with Gasteiger partial charge in [-0.15, -0.1) is 0 Å². The second-order valence-electron chi connectivity index (χ2n) is 6.44. The van der Waals surface area contributed by atoms with E-state index in [2.05, 4.69) is 5.32 Å². The molecule has 168 valence electrons. The summed E-state index contributed by atoms with van der Waals surface area (Å²) in [7, 11) is 1.54. The molecule has 0 aliphatic rings. The van der Waals surface area contributed by atoms with Crippen molar-refractivity contribution in [2.75, 3.05) is 38.7 Å². The number of nitrogens with zero attached hydrogens (tertiary/aromatic N) is 1. The molecule has 0 heterocycles. The van der Waals surface area contributed by atoms with Crippen LogP contribution in [-0.4, -0.2) is 50.1 Å². The van der Waals surface area contributed by atoms with Gasteiger partial charge in [0.15, 0.2) is 11.5 Å². The summed E-state index contributed by atoms with van der Waals surface area (Å²) in [6.07, 6.45) is 0. The van der Waals surface area contributed by atoms with E-state index >= 15 is 0 Å². The third kappa shape index (κ3) is 6.67. The predicted octanol–water partition coefficient (Wildman–Crippen LogP) is 4.90. The fourth-order valence-electron chi connectivity index (χ4n) is 2.79. The highest BCUT2D eigenvalue weighted by Gasteiger charge is 2.21. The minimum Gasteiger partial charge on any atom is -0.490 e. The highest BCUT2D eigenvalue weighted by atomic mass is 35.5. The lowest BCUT2D eigenvalue weighted by Gasteiger charge is -2.20. The minimum absolute atomic E-state index is 0.166. The van der Waals surface area contributed by atoms with Gasteiger partial charge in [0.05, 0.1) is 36.4 Å². The largest absolute Gasteiger partial charge is 0.490 e. The first-order valence-corrected chi connectivity index (χ1v) is 10.6. The van der Waals surface area contributed by atoms with Crippen LogP contribution in [-0.2, 0) is 4.79 Å². The zero-order valence-corrected chi connectivity index (χ0v) is 19.5. The van der Waals surface area contributed by atoms with E-state index in [-0.39, 0.29) is 18.4 Å². The molecule has 0 unspecified atom stereocenters. The Bertz CT molecular complexity index is 909. The molecule has 2 rings (SSSR count). The maximum absolute atomic E-state index is 13.0. The highest BCUT2D eigenvalue weighted by Crippen LogP contribution is 2.39. The van der Waals surface area contributed by atoms with Crippen molar-refractivity contribution in [1.29, 1.82) is 0 Å². The summed E-state index contributed by atoms with van der Waals surface area (Å²) in [5.74, 6) is 0.520. The normalized spacial score (nSPS) is 10.4. The van der Waals surface area contributed by atoms with E-state index in [0.717, 1.165) is 0 Å². The second kappa shape index (κ2) is 11.7. The Morgan fingerprint density at radius 2 is 1.48 bits per heavy atom. The number of ether oxygens (including phenoxy) is 3. The van der Waals surface area contributed by atoms with Crippen molar-refractivity contribution >= 4 is 40.7 Å². The molecule has 0 atom stereocenters. The van der Waals surface area contributed by atoms with Crippen molar-refractivity contribution in [2.24, 2.45) is 0 Å². The Kier molecular flexibility index (Phi) is 9.27. The van der Waals surface area contributed by atoms with Crippen LogP contribution in [0.2, 0.25) is 10.0 Å². The van der Waals surface area contributed by atoms with Gasteiger partial charge >= 0.3 is 0 Å². The van der Waals surface area contributed by atoms with E-state index in [1.54, 1.807) is 30.3 Å². The Morgan fingerprint density at radius 3 is 2.00 bits per heavy atom. The second-order valence-corrected chi connectivity index (χ2v) is 7.25. The monoisotopic (exact) mass is 468 g/mol. The summed E-state index contributed by atoms with van der Waals surface area (Å²) in [6.45, 7) is 6.57. The fourth-order valence-corrected chi connectivity index (χ4v) is 3.09. The van der Waals surface area contributed by atoms with E-state index in [1.807, 2.05) is 20.8 Å². The Morgan fingerprint density at radius 1 is 0.903 bits per heavy atom. The number of likely N-dealkylation sites (N-methyl/N-ethyl adjacent to an activating group) is 1. The van der Waals surface area contributed by atoms with E-state index in [9.17, 15) is 9.59 Å². The van der Waals surface area contributed by atoms with E-state index in [0.29, 0.717) is 58.4 Å². The van der Waals surface area contributed by atoms with E-state index in [4.69, 9.17) is 37.4 Å².